The molecule has 0 bridgehead atoms. The van der Waals surface area contributed by atoms with Crippen LogP contribution in [0.3, 0.4) is 0 Å². The lowest BCUT2D eigenvalue weighted by Gasteiger charge is -2.31. The summed E-state index contributed by atoms with van der Waals surface area (Å²) in [4.78, 5) is 11.5. The van der Waals surface area contributed by atoms with E-state index in [1.807, 2.05) is 25.1 Å². The molecule has 19 heavy (non-hydrogen) atoms. The smallest absolute Gasteiger partial charge is 0.323 e. The van der Waals surface area contributed by atoms with E-state index in [0.29, 0.717) is 6.42 Å². The van der Waals surface area contributed by atoms with Gasteiger partial charge >= 0.3 is 5.97 Å². The van der Waals surface area contributed by atoms with Crippen LogP contribution in [-0.2, 0) is 4.79 Å². The number of carboxylic acids is 1. The van der Waals surface area contributed by atoms with E-state index in [1.54, 1.807) is 6.92 Å². The molecular formula is C16H25NO2. The minimum Gasteiger partial charge on any atom is -0.480 e. The third-order valence-electron chi connectivity index (χ3n) is 3.49. The van der Waals surface area contributed by atoms with Crippen LogP contribution in [0.25, 0.3) is 0 Å². The van der Waals surface area contributed by atoms with Crippen molar-refractivity contribution in [2.45, 2.75) is 58.0 Å². The molecule has 0 aliphatic carbocycles. The molecule has 2 atom stereocenters. The summed E-state index contributed by atoms with van der Waals surface area (Å²) in [5.74, 6) is -0.772. The minimum atomic E-state index is -0.857. The van der Waals surface area contributed by atoms with Crippen LogP contribution < -0.4 is 5.32 Å². The van der Waals surface area contributed by atoms with Gasteiger partial charge in [-0.15, -0.1) is 0 Å². The molecule has 2 unspecified atom stereocenters. The van der Waals surface area contributed by atoms with Gasteiger partial charge in [0.05, 0.1) is 0 Å². The van der Waals surface area contributed by atoms with Crippen molar-refractivity contribution in [2.24, 2.45) is 0 Å². The molecule has 0 radical (unpaired) electrons. The second kappa shape index (κ2) is 7.29. The molecule has 3 heteroatoms. The largest absolute Gasteiger partial charge is 0.480 e. The maximum Gasteiger partial charge on any atom is 0.323 e. The molecule has 0 saturated carbocycles. The summed E-state index contributed by atoms with van der Waals surface area (Å²) in [6.07, 6.45) is 3.45. The van der Waals surface area contributed by atoms with Crippen LogP contribution >= 0.6 is 0 Å². The van der Waals surface area contributed by atoms with Gasteiger partial charge in [-0.2, -0.15) is 0 Å². The second-order valence-corrected chi connectivity index (χ2v) is 5.28. The molecule has 1 aromatic rings. The zero-order chi connectivity index (χ0) is 14.3. The van der Waals surface area contributed by atoms with E-state index < -0.39 is 11.5 Å². The van der Waals surface area contributed by atoms with Gasteiger partial charge in [0.1, 0.15) is 5.54 Å². The molecule has 0 aliphatic heterocycles. The molecule has 0 amide bonds. The van der Waals surface area contributed by atoms with Crippen molar-refractivity contribution in [3.63, 3.8) is 0 Å². The fourth-order valence-corrected chi connectivity index (χ4v) is 2.42. The molecule has 0 heterocycles. The van der Waals surface area contributed by atoms with E-state index in [0.717, 1.165) is 24.8 Å². The number of nitrogens with one attached hydrogen (secondary N) is 1. The highest BCUT2D eigenvalue weighted by Gasteiger charge is 2.34. The number of rotatable bonds is 8. The van der Waals surface area contributed by atoms with Crippen LogP contribution in [0.4, 0.5) is 0 Å². The molecule has 0 aromatic heterocycles. The predicted molar refractivity (Wildman–Crippen MR) is 78.2 cm³/mol. The molecule has 0 aliphatic rings. The van der Waals surface area contributed by atoms with Crippen molar-refractivity contribution in [3.8, 4) is 0 Å². The van der Waals surface area contributed by atoms with Crippen molar-refractivity contribution in [1.29, 1.82) is 0 Å². The first-order chi connectivity index (χ1) is 9.03. The molecule has 0 fully saturated rings. The lowest BCUT2D eigenvalue weighted by atomic mass is 9.92. The predicted octanol–water partition coefficient (Wildman–Crippen LogP) is 3.76. The number of benzene rings is 1. The Hall–Kier alpha value is -1.35. The maximum absolute atomic E-state index is 11.5. The molecule has 0 saturated heterocycles. The Labute approximate surface area is 116 Å². The van der Waals surface area contributed by atoms with Gasteiger partial charge in [-0.25, -0.2) is 0 Å². The van der Waals surface area contributed by atoms with Gasteiger partial charge in [-0.1, -0.05) is 57.0 Å². The van der Waals surface area contributed by atoms with Crippen LogP contribution in [0.15, 0.2) is 30.3 Å². The van der Waals surface area contributed by atoms with Gasteiger partial charge in [0.25, 0.3) is 0 Å². The average Bonchev–Trinajstić information content (AvgIpc) is 2.39. The van der Waals surface area contributed by atoms with Crippen LogP contribution in [0, 0.1) is 0 Å². The van der Waals surface area contributed by atoms with Gasteiger partial charge in [0.15, 0.2) is 0 Å². The highest BCUT2D eigenvalue weighted by molar-refractivity contribution is 5.78. The van der Waals surface area contributed by atoms with Gasteiger partial charge in [0, 0.05) is 6.04 Å². The van der Waals surface area contributed by atoms with Gasteiger partial charge < -0.3 is 5.11 Å². The standard InChI is InChI=1S/C16H25NO2/c1-4-9-14(13-10-7-6-8-11-13)17-16(3,12-5-2)15(18)19/h6-8,10-11,14,17H,4-5,9,12H2,1-3H3,(H,18,19). The molecule has 106 valence electrons. The third kappa shape index (κ3) is 4.35. The fourth-order valence-electron chi connectivity index (χ4n) is 2.42. The summed E-state index contributed by atoms with van der Waals surface area (Å²) in [5, 5.41) is 12.8. The van der Waals surface area contributed by atoms with E-state index in [-0.39, 0.29) is 6.04 Å². The monoisotopic (exact) mass is 263 g/mol. The number of hydrogen-bond donors (Lipinski definition) is 2. The van der Waals surface area contributed by atoms with Gasteiger partial charge in [-0.3, -0.25) is 10.1 Å². The van der Waals surface area contributed by atoms with E-state index in [9.17, 15) is 9.90 Å². The molecule has 3 nitrogen and oxygen atoms in total. The van der Waals surface area contributed by atoms with Crippen molar-refractivity contribution in [2.75, 3.05) is 0 Å². The Balaban J connectivity index is 2.91. The van der Waals surface area contributed by atoms with Crippen molar-refractivity contribution in [1.82, 2.24) is 5.32 Å². The maximum atomic E-state index is 11.5. The quantitative estimate of drug-likeness (QED) is 0.750. The lowest BCUT2D eigenvalue weighted by Crippen LogP contribution is -2.50. The number of carbonyl (C=O) groups is 1. The second-order valence-electron chi connectivity index (χ2n) is 5.28. The normalized spacial score (nSPS) is 15.7. The average molecular weight is 263 g/mol. The molecule has 2 N–H and O–H groups in total. The number of carboxylic acid groups (broad SMARTS) is 1. The zero-order valence-electron chi connectivity index (χ0n) is 12.1. The Kier molecular flexibility index (Phi) is 6.03. The van der Waals surface area contributed by atoms with E-state index >= 15 is 0 Å². The summed E-state index contributed by atoms with van der Waals surface area (Å²) in [6, 6.07) is 10.2. The molecule has 1 rings (SSSR count). The third-order valence-corrected chi connectivity index (χ3v) is 3.49. The SMILES string of the molecule is CCCC(NC(C)(CCC)C(=O)O)c1ccccc1. The van der Waals surface area contributed by atoms with Crippen LogP contribution in [0.1, 0.15) is 58.1 Å². The summed E-state index contributed by atoms with van der Waals surface area (Å²) < 4.78 is 0. The van der Waals surface area contributed by atoms with E-state index in [4.69, 9.17) is 0 Å². The zero-order valence-corrected chi connectivity index (χ0v) is 12.1. The Morgan fingerprint density at radius 2 is 1.89 bits per heavy atom. The highest BCUT2D eigenvalue weighted by atomic mass is 16.4. The van der Waals surface area contributed by atoms with Gasteiger partial charge in [-0.05, 0) is 25.3 Å². The lowest BCUT2D eigenvalue weighted by molar-refractivity contribution is -0.145. The summed E-state index contributed by atoms with van der Waals surface area (Å²) >= 11 is 0. The Bertz CT molecular complexity index is 391. The first kappa shape index (κ1) is 15.7. The number of aliphatic carboxylic acids is 1. The number of hydrogen-bond acceptors (Lipinski definition) is 2. The van der Waals surface area contributed by atoms with E-state index in [2.05, 4.69) is 24.4 Å². The molecular weight excluding hydrogens is 238 g/mol. The fraction of sp³-hybridized carbons (Fsp3) is 0.562. The Morgan fingerprint density at radius 3 is 2.37 bits per heavy atom. The summed E-state index contributed by atoms with van der Waals surface area (Å²) in [5.41, 5.74) is 0.303. The van der Waals surface area contributed by atoms with Crippen LogP contribution in [0.2, 0.25) is 0 Å². The molecule has 0 spiro atoms. The summed E-state index contributed by atoms with van der Waals surface area (Å²) in [6.45, 7) is 5.92. The van der Waals surface area contributed by atoms with Crippen LogP contribution in [0.5, 0.6) is 0 Å². The molecule has 1 aromatic carbocycles. The summed E-state index contributed by atoms with van der Waals surface area (Å²) in [7, 11) is 0. The minimum absolute atomic E-state index is 0.0962. The first-order valence-corrected chi connectivity index (χ1v) is 7.09. The Morgan fingerprint density at radius 1 is 1.26 bits per heavy atom. The van der Waals surface area contributed by atoms with Gasteiger partial charge in [0.2, 0.25) is 0 Å². The van der Waals surface area contributed by atoms with Crippen molar-refractivity contribution >= 4 is 5.97 Å². The van der Waals surface area contributed by atoms with Crippen molar-refractivity contribution in [3.05, 3.63) is 35.9 Å². The van der Waals surface area contributed by atoms with Crippen LogP contribution in [-0.4, -0.2) is 16.6 Å². The first-order valence-electron chi connectivity index (χ1n) is 7.09. The van der Waals surface area contributed by atoms with E-state index in [1.165, 1.54) is 0 Å². The topological polar surface area (TPSA) is 49.3 Å². The van der Waals surface area contributed by atoms with Crippen molar-refractivity contribution < 1.29 is 9.90 Å². The highest BCUT2D eigenvalue weighted by Crippen LogP contribution is 2.24.